The van der Waals surface area contributed by atoms with E-state index in [4.69, 9.17) is 9.84 Å². The molecule has 1 aromatic rings. The Morgan fingerprint density at radius 3 is 3.20 bits per heavy atom. The molecule has 2 rings (SSSR count). The number of hydrogen-bond donors (Lipinski definition) is 2. The lowest BCUT2D eigenvalue weighted by Crippen LogP contribution is -2.22. The molecule has 2 N–H and O–H groups in total. The molecule has 1 heterocycles. The summed E-state index contributed by atoms with van der Waals surface area (Å²) in [4.78, 5) is 10.9. The molecule has 0 aliphatic heterocycles. The number of aromatic nitrogens is 2. The first-order chi connectivity index (χ1) is 7.22. The van der Waals surface area contributed by atoms with E-state index in [2.05, 4.69) is 10.2 Å². The van der Waals surface area contributed by atoms with E-state index >= 15 is 0 Å². The fraction of sp³-hybridized carbons (Fsp3) is 0.600. The van der Waals surface area contributed by atoms with Crippen LogP contribution >= 0.6 is 0 Å². The molecule has 0 bridgehead atoms. The molecule has 5 nitrogen and oxygen atoms in total. The van der Waals surface area contributed by atoms with Crippen molar-refractivity contribution in [3.8, 4) is 0 Å². The van der Waals surface area contributed by atoms with E-state index in [1.165, 1.54) is 0 Å². The van der Waals surface area contributed by atoms with E-state index in [-0.39, 0.29) is 5.92 Å². The highest BCUT2D eigenvalue weighted by molar-refractivity contribution is 5.71. The monoisotopic (exact) mass is 210 g/mol. The predicted molar refractivity (Wildman–Crippen MR) is 52.5 cm³/mol. The largest absolute Gasteiger partial charge is 0.481 e. The number of fused-ring (bicyclic) bond motifs is 1. The second kappa shape index (κ2) is 4.02. The first-order valence-corrected chi connectivity index (χ1v) is 4.99. The van der Waals surface area contributed by atoms with Crippen LogP contribution in [0.4, 0.5) is 0 Å². The van der Waals surface area contributed by atoms with Crippen molar-refractivity contribution in [2.75, 3.05) is 7.11 Å². The first kappa shape index (κ1) is 10.2. The number of carboxylic acid groups (broad SMARTS) is 1. The third kappa shape index (κ3) is 1.87. The summed E-state index contributed by atoms with van der Waals surface area (Å²) in [6.45, 7) is 0.443. The quantitative estimate of drug-likeness (QED) is 0.771. The number of carboxylic acids is 1. The predicted octanol–water partition coefficient (Wildman–Crippen LogP) is 0.746. The molecular weight excluding hydrogens is 196 g/mol. The number of carbonyl (C=O) groups is 1. The Hall–Kier alpha value is -1.36. The molecular formula is C10H14N2O3. The lowest BCUT2D eigenvalue weighted by molar-refractivity contribution is -0.142. The minimum absolute atomic E-state index is 0.272. The van der Waals surface area contributed by atoms with Gasteiger partial charge in [0.05, 0.1) is 18.2 Å². The van der Waals surface area contributed by atoms with Gasteiger partial charge in [0, 0.05) is 12.8 Å². The molecule has 0 saturated heterocycles. The number of ether oxygens (including phenoxy) is 1. The molecule has 0 unspecified atom stereocenters. The summed E-state index contributed by atoms with van der Waals surface area (Å²) in [5, 5.41) is 16.0. The number of aromatic amines is 1. The van der Waals surface area contributed by atoms with Crippen LogP contribution in [0, 0.1) is 5.92 Å². The molecule has 0 saturated carbocycles. The number of nitrogens with zero attached hydrogens (tertiary/aromatic N) is 1. The minimum atomic E-state index is -0.717. The van der Waals surface area contributed by atoms with Crippen molar-refractivity contribution in [1.29, 1.82) is 0 Å². The van der Waals surface area contributed by atoms with E-state index in [0.717, 1.165) is 23.4 Å². The van der Waals surface area contributed by atoms with Crippen molar-refractivity contribution < 1.29 is 14.6 Å². The fourth-order valence-electron chi connectivity index (χ4n) is 2.03. The smallest absolute Gasteiger partial charge is 0.306 e. The van der Waals surface area contributed by atoms with Gasteiger partial charge in [-0.25, -0.2) is 0 Å². The standard InChI is InChI=1S/C10H14N2O3/c1-15-5-9-7-4-6(10(13)14)2-3-8(7)11-12-9/h6H,2-5H2,1H3,(H,11,12)(H,13,14)/t6-/m1/s1. The minimum Gasteiger partial charge on any atom is -0.481 e. The molecule has 0 aromatic carbocycles. The zero-order valence-electron chi connectivity index (χ0n) is 8.62. The third-order valence-electron chi connectivity index (χ3n) is 2.86. The van der Waals surface area contributed by atoms with Crippen LogP contribution in [-0.2, 0) is 29.0 Å². The Balaban J connectivity index is 2.22. The van der Waals surface area contributed by atoms with Crippen molar-refractivity contribution in [3.63, 3.8) is 0 Å². The number of aliphatic carboxylic acids is 1. The van der Waals surface area contributed by atoms with Gasteiger partial charge in [0.2, 0.25) is 0 Å². The van der Waals surface area contributed by atoms with Crippen LogP contribution in [-0.4, -0.2) is 28.4 Å². The van der Waals surface area contributed by atoms with Gasteiger partial charge in [-0.1, -0.05) is 0 Å². The summed E-state index contributed by atoms with van der Waals surface area (Å²) in [6.07, 6.45) is 2.03. The van der Waals surface area contributed by atoms with Gasteiger partial charge < -0.3 is 9.84 Å². The highest BCUT2D eigenvalue weighted by Crippen LogP contribution is 2.26. The maximum Gasteiger partial charge on any atom is 0.306 e. The van der Waals surface area contributed by atoms with Crippen molar-refractivity contribution in [1.82, 2.24) is 10.2 Å². The fourth-order valence-corrected chi connectivity index (χ4v) is 2.03. The highest BCUT2D eigenvalue weighted by atomic mass is 16.5. The van der Waals surface area contributed by atoms with Crippen LogP contribution in [0.25, 0.3) is 0 Å². The van der Waals surface area contributed by atoms with Crippen molar-refractivity contribution in [2.24, 2.45) is 5.92 Å². The van der Waals surface area contributed by atoms with E-state index < -0.39 is 5.97 Å². The Bertz CT molecular complexity index is 373. The van der Waals surface area contributed by atoms with Gasteiger partial charge in [0.25, 0.3) is 0 Å². The highest BCUT2D eigenvalue weighted by Gasteiger charge is 2.27. The second-order valence-corrected chi connectivity index (χ2v) is 3.84. The summed E-state index contributed by atoms with van der Waals surface area (Å²) < 4.78 is 5.02. The second-order valence-electron chi connectivity index (χ2n) is 3.84. The molecule has 82 valence electrons. The summed E-state index contributed by atoms with van der Waals surface area (Å²) >= 11 is 0. The van der Waals surface area contributed by atoms with Gasteiger partial charge in [0.1, 0.15) is 0 Å². The number of methoxy groups -OCH3 is 1. The lowest BCUT2D eigenvalue weighted by Gasteiger charge is -2.18. The van der Waals surface area contributed by atoms with E-state index in [9.17, 15) is 4.79 Å². The number of H-pyrrole nitrogens is 1. The number of nitrogens with one attached hydrogen (secondary N) is 1. The Morgan fingerprint density at radius 1 is 1.73 bits per heavy atom. The van der Waals surface area contributed by atoms with Crippen LogP contribution in [0.2, 0.25) is 0 Å². The Kier molecular flexibility index (Phi) is 2.73. The SMILES string of the molecule is COCc1n[nH]c2c1C[C@H](C(=O)O)CC2. The van der Waals surface area contributed by atoms with Crippen molar-refractivity contribution >= 4 is 5.97 Å². The molecule has 1 aliphatic carbocycles. The molecule has 0 radical (unpaired) electrons. The van der Waals surface area contributed by atoms with E-state index in [1.807, 2.05) is 0 Å². The summed E-state index contributed by atoms with van der Waals surface area (Å²) in [6, 6.07) is 0. The average molecular weight is 210 g/mol. The van der Waals surface area contributed by atoms with Crippen LogP contribution in [0.3, 0.4) is 0 Å². The summed E-state index contributed by atoms with van der Waals surface area (Å²) in [5.41, 5.74) is 2.95. The maximum atomic E-state index is 10.9. The molecule has 5 heteroatoms. The Morgan fingerprint density at radius 2 is 2.53 bits per heavy atom. The third-order valence-corrected chi connectivity index (χ3v) is 2.86. The molecule has 0 spiro atoms. The molecule has 1 atom stereocenters. The van der Waals surface area contributed by atoms with Crippen LogP contribution in [0.15, 0.2) is 0 Å². The van der Waals surface area contributed by atoms with E-state index in [1.54, 1.807) is 7.11 Å². The van der Waals surface area contributed by atoms with Gasteiger partial charge in [0.15, 0.2) is 0 Å². The zero-order valence-corrected chi connectivity index (χ0v) is 8.62. The molecule has 0 amide bonds. The molecule has 1 aliphatic rings. The normalized spacial score (nSPS) is 19.9. The van der Waals surface area contributed by atoms with Crippen LogP contribution < -0.4 is 0 Å². The number of hydrogen-bond acceptors (Lipinski definition) is 3. The van der Waals surface area contributed by atoms with Crippen LogP contribution in [0.5, 0.6) is 0 Å². The van der Waals surface area contributed by atoms with Crippen LogP contribution in [0.1, 0.15) is 23.4 Å². The van der Waals surface area contributed by atoms with Gasteiger partial charge in [-0.3, -0.25) is 9.89 Å². The van der Waals surface area contributed by atoms with Gasteiger partial charge >= 0.3 is 5.97 Å². The first-order valence-electron chi connectivity index (χ1n) is 4.99. The van der Waals surface area contributed by atoms with E-state index in [0.29, 0.717) is 19.4 Å². The van der Waals surface area contributed by atoms with Crippen molar-refractivity contribution in [3.05, 3.63) is 17.0 Å². The van der Waals surface area contributed by atoms with Gasteiger partial charge in [-0.2, -0.15) is 5.10 Å². The topological polar surface area (TPSA) is 75.2 Å². The lowest BCUT2D eigenvalue weighted by atomic mass is 9.86. The van der Waals surface area contributed by atoms with Crippen molar-refractivity contribution in [2.45, 2.75) is 25.9 Å². The summed E-state index contributed by atoms with van der Waals surface area (Å²) in [5.74, 6) is -0.990. The summed E-state index contributed by atoms with van der Waals surface area (Å²) in [7, 11) is 1.61. The molecule has 15 heavy (non-hydrogen) atoms. The maximum absolute atomic E-state index is 10.9. The van der Waals surface area contributed by atoms with Gasteiger partial charge in [-0.05, 0) is 24.8 Å². The molecule has 1 aromatic heterocycles. The average Bonchev–Trinajstić information content (AvgIpc) is 2.61. The molecule has 0 fully saturated rings. The number of aryl methyl sites for hydroxylation is 1. The zero-order chi connectivity index (χ0) is 10.8. The number of rotatable bonds is 3. The van der Waals surface area contributed by atoms with Gasteiger partial charge in [-0.15, -0.1) is 0 Å². The Labute approximate surface area is 87.4 Å².